The molecule has 2 heterocycles. The van der Waals surface area contributed by atoms with Gasteiger partial charge in [-0.05, 0) is 52.4 Å². The molecule has 6 heteroatoms. The molecule has 0 N–H and O–H groups in total. The second-order valence-electron chi connectivity index (χ2n) is 7.65. The van der Waals surface area contributed by atoms with Gasteiger partial charge in [0.2, 0.25) is 0 Å². The van der Waals surface area contributed by atoms with Crippen molar-refractivity contribution in [2.45, 2.75) is 57.7 Å². The molecule has 2 rings (SSSR count). The third-order valence-electron chi connectivity index (χ3n) is 4.54. The number of carbonyl (C=O) groups is 1. The molecule has 134 valence electrons. The first-order valence-electron chi connectivity index (χ1n) is 8.59. The van der Waals surface area contributed by atoms with E-state index in [2.05, 4.69) is 22.6 Å². The number of amides is 1. The molecule has 0 aromatic carbocycles. The van der Waals surface area contributed by atoms with Gasteiger partial charge in [-0.3, -0.25) is 0 Å². The molecule has 0 bridgehead atoms. The number of ether oxygens (including phenoxy) is 3. The first-order chi connectivity index (χ1) is 10.8. The molecule has 0 aliphatic carbocycles. The highest BCUT2D eigenvalue weighted by Crippen LogP contribution is 2.31. The SMILES string of the molecule is CC(C)(C)OC(=O)N1CCC(CI)(OCC2CCOCC2)CC1. The molecule has 2 saturated heterocycles. The van der Waals surface area contributed by atoms with E-state index in [1.807, 2.05) is 25.7 Å². The standard InChI is InChI=1S/C17H30INO4/c1-16(2,3)23-15(20)19-8-6-17(13-18,7-9-19)22-12-14-4-10-21-11-5-14/h14H,4-13H2,1-3H3. The van der Waals surface area contributed by atoms with Gasteiger partial charge in [-0.1, -0.05) is 22.6 Å². The van der Waals surface area contributed by atoms with Crippen molar-refractivity contribution in [1.29, 1.82) is 0 Å². The zero-order valence-corrected chi connectivity index (χ0v) is 16.8. The van der Waals surface area contributed by atoms with E-state index < -0.39 is 5.60 Å². The molecule has 23 heavy (non-hydrogen) atoms. The van der Waals surface area contributed by atoms with E-state index in [0.29, 0.717) is 19.0 Å². The van der Waals surface area contributed by atoms with Gasteiger partial charge < -0.3 is 19.1 Å². The molecular weight excluding hydrogens is 409 g/mol. The number of halogens is 1. The van der Waals surface area contributed by atoms with Crippen LogP contribution in [0.2, 0.25) is 0 Å². The molecule has 0 aromatic rings. The number of likely N-dealkylation sites (tertiary alicyclic amines) is 1. The maximum Gasteiger partial charge on any atom is 0.410 e. The lowest BCUT2D eigenvalue weighted by Crippen LogP contribution is -2.50. The first kappa shape index (κ1) is 19.2. The van der Waals surface area contributed by atoms with E-state index in [9.17, 15) is 4.79 Å². The minimum absolute atomic E-state index is 0.0859. The molecule has 5 nitrogen and oxygen atoms in total. The Bertz CT molecular complexity index is 383. The van der Waals surface area contributed by atoms with Gasteiger partial charge in [0.1, 0.15) is 5.60 Å². The van der Waals surface area contributed by atoms with Crippen LogP contribution in [0.5, 0.6) is 0 Å². The van der Waals surface area contributed by atoms with Crippen LogP contribution in [-0.2, 0) is 14.2 Å². The Balaban J connectivity index is 1.80. The van der Waals surface area contributed by atoms with Crippen molar-refractivity contribution in [3.63, 3.8) is 0 Å². The predicted octanol–water partition coefficient (Wildman–Crippen LogP) is 3.63. The number of hydrogen-bond acceptors (Lipinski definition) is 4. The zero-order valence-electron chi connectivity index (χ0n) is 14.6. The fourth-order valence-electron chi connectivity index (χ4n) is 2.95. The number of carbonyl (C=O) groups excluding carboxylic acids is 1. The predicted molar refractivity (Wildman–Crippen MR) is 98.2 cm³/mol. The number of hydrogen-bond donors (Lipinski definition) is 0. The van der Waals surface area contributed by atoms with E-state index in [1.54, 1.807) is 0 Å². The molecule has 2 fully saturated rings. The fourth-order valence-corrected chi connectivity index (χ4v) is 3.93. The molecule has 0 saturated carbocycles. The molecule has 2 aliphatic rings. The molecule has 0 unspecified atom stereocenters. The Hall–Kier alpha value is -0.0800. The molecule has 0 aromatic heterocycles. The van der Waals surface area contributed by atoms with Gasteiger partial charge in [-0.15, -0.1) is 0 Å². The van der Waals surface area contributed by atoms with Crippen LogP contribution in [0.4, 0.5) is 4.79 Å². The second-order valence-corrected chi connectivity index (χ2v) is 8.41. The van der Waals surface area contributed by atoms with Crippen LogP contribution in [-0.4, -0.2) is 59.5 Å². The maximum absolute atomic E-state index is 12.2. The molecule has 0 atom stereocenters. The van der Waals surface area contributed by atoms with E-state index in [0.717, 1.165) is 49.9 Å². The third-order valence-corrected chi connectivity index (χ3v) is 5.93. The van der Waals surface area contributed by atoms with E-state index in [1.165, 1.54) is 0 Å². The highest BCUT2D eigenvalue weighted by molar-refractivity contribution is 14.1. The maximum atomic E-state index is 12.2. The van der Waals surface area contributed by atoms with Gasteiger partial charge >= 0.3 is 6.09 Å². The summed E-state index contributed by atoms with van der Waals surface area (Å²) >= 11 is 2.42. The van der Waals surface area contributed by atoms with Gasteiger partial charge in [-0.25, -0.2) is 4.79 Å². The van der Waals surface area contributed by atoms with Gasteiger partial charge in [0.15, 0.2) is 0 Å². The molecule has 0 spiro atoms. The number of rotatable bonds is 4. The van der Waals surface area contributed by atoms with Gasteiger partial charge in [0, 0.05) is 30.7 Å². The summed E-state index contributed by atoms with van der Waals surface area (Å²) in [4.78, 5) is 14.0. The van der Waals surface area contributed by atoms with E-state index in [-0.39, 0.29) is 11.7 Å². The minimum atomic E-state index is -0.436. The van der Waals surface area contributed by atoms with Gasteiger partial charge in [0.05, 0.1) is 12.2 Å². The largest absolute Gasteiger partial charge is 0.444 e. The van der Waals surface area contributed by atoms with Gasteiger partial charge in [0.25, 0.3) is 0 Å². The highest BCUT2D eigenvalue weighted by atomic mass is 127. The first-order valence-corrected chi connectivity index (χ1v) is 10.1. The summed E-state index contributed by atoms with van der Waals surface area (Å²) in [6, 6.07) is 0. The quantitative estimate of drug-likeness (QED) is 0.496. The summed E-state index contributed by atoms with van der Waals surface area (Å²) in [5.41, 5.74) is -0.522. The van der Waals surface area contributed by atoms with Crippen molar-refractivity contribution in [2.24, 2.45) is 5.92 Å². The lowest BCUT2D eigenvalue weighted by molar-refractivity contribution is -0.0894. The Morgan fingerprint density at radius 2 is 1.87 bits per heavy atom. The van der Waals surface area contributed by atoms with Crippen LogP contribution in [0.1, 0.15) is 46.5 Å². The molecular formula is C17H30INO4. The monoisotopic (exact) mass is 439 g/mol. The Labute approximate surface area is 153 Å². The van der Waals surface area contributed by atoms with Crippen molar-refractivity contribution >= 4 is 28.7 Å². The van der Waals surface area contributed by atoms with E-state index in [4.69, 9.17) is 14.2 Å². The van der Waals surface area contributed by atoms with Crippen LogP contribution in [0, 0.1) is 5.92 Å². The van der Waals surface area contributed by atoms with Crippen LogP contribution >= 0.6 is 22.6 Å². The van der Waals surface area contributed by atoms with E-state index >= 15 is 0 Å². The fraction of sp³-hybridized carbons (Fsp3) is 0.941. The van der Waals surface area contributed by atoms with Gasteiger partial charge in [-0.2, -0.15) is 0 Å². The topological polar surface area (TPSA) is 48.0 Å². The van der Waals surface area contributed by atoms with Crippen LogP contribution in [0.3, 0.4) is 0 Å². The Morgan fingerprint density at radius 1 is 1.26 bits per heavy atom. The summed E-state index contributed by atoms with van der Waals surface area (Å²) in [6.45, 7) is 9.68. The minimum Gasteiger partial charge on any atom is -0.444 e. The lowest BCUT2D eigenvalue weighted by Gasteiger charge is -2.41. The Kier molecular flexibility index (Phi) is 6.98. The highest BCUT2D eigenvalue weighted by Gasteiger charge is 2.37. The molecule has 0 radical (unpaired) electrons. The second kappa shape index (κ2) is 8.34. The van der Waals surface area contributed by atoms with Crippen LogP contribution < -0.4 is 0 Å². The smallest absolute Gasteiger partial charge is 0.410 e. The number of piperidine rings is 1. The zero-order chi connectivity index (χ0) is 16.9. The summed E-state index contributed by atoms with van der Waals surface area (Å²) in [6.07, 6.45) is 3.77. The summed E-state index contributed by atoms with van der Waals surface area (Å²) in [5, 5.41) is 0. The molecule has 2 aliphatic heterocycles. The average molecular weight is 439 g/mol. The summed E-state index contributed by atoms with van der Waals surface area (Å²) in [5.74, 6) is 0.618. The molecule has 1 amide bonds. The van der Waals surface area contributed by atoms with Crippen molar-refractivity contribution < 1.29 is 19.0 Å². The van der Waals surface area contributed by atoms with Crippen LogP contribution in [0.15, 0.2) is 0 Å². The van der Waals surface area contributed by atoms with Crippen molar-refractivity contribution in [1.82, 2.24) is 4.90 Å². The van der Waals surface area contributed by atoms with Crippen LogP contribution in [0.25, 0.3) is 0 Å². The van der Waals surface area contributed by atoms with Crippen molar-refractivity contribution in [3.8, 4) is 0 Å². The Morgan fingerprint density at radius 3 is 2.39 bits per heavy atom. The number of alkyl halides is 1. The normalized spacial score (nSPS) is 22.9. The third kappa shape index (κ3) is 6.05. The summed E-state index contributed by atoms with van der Waals surface area (Å²) < 4.78 is 18.2. The van der Waals surface area contributed by atoms with Crippen molar-refractivity contribution in [2.75, 3.05) is 37.3 Å². The van der Waals surface area contributed by atoms with Crippen molar-refractivity contribution in [3.05, 3.63) is 0 Å². The average Bonchev–Trinajstić information content (AvgIpc) is 2.53. The summed E-state index contributed by atoms with van der Waals surface area (Å²) in [7, 11) is 0. The lowest BCUT2D eigenvalue weighted by atomic mass is 9.92. The number of nitrogens with zero attached hydrogens (tertiary/aromatic N) is 1.